The van der Waals surface area contributed by atoms with Crippen molar-refractivity contribution in [3.05, 3.63) is 54.1 Å². The molecule has 0 saturated heterocycles. The van der Waals surface area contributed by atoms with E-state index in [9.17, 15) is 4.79 Å². The van der Waals surface area contributed by atoms with Gasteiger partial charge < -0.3 is 10.1 Å². The molecule has 0 radical (unpaired) electrons. The summed E-state index contributed by atoms with van der Waals surface area (Å²) in [6.45, 7) is 0. The Morgan fingerprint density at radius 1 is 1.23 bits per heavy atom. The Kier molecular flexibility index (Phi) is 4.04. The SMILES string of the molecule is COc1cccc(C2(NC(=O)c3cncnc3)CCCC2)c1. The van der Waals surface area contributed by atoms with Gasteiger partial charge in [0.15, 0.2) is 0 Å². The molecule has 1 saturated carbocycles. The van der Waals surface area contributed by atoms with Crippen LogP contribution in [0.4, 0.5) is 0 Å². The number of carbonyl (C=O) groups is 1. The third-order valence-corrected chi connectivity index (χ3v) is 4.26. The Balaban J connectivity index is 1.90. The molecule has 1 aliphatic rings. The number of rotatable bonds is 4. The molecule has 1 aliphatic carbocycles. The van der Waals surface area contributed by atoms with Gasteiger partial charge in [0.2, 0.25) is 0 Å². The molecule has 1 N–H and O–H groups in total. The fourth-order valence-corrected chi connectivity index (χ4v) is 3.09. The summed E-state index contributed by atoms with van der Waals surface area (Å²) in [5.41, 5.74) is 1.24. The van der Waals surface area contributed by atoms with Gasteiger partial charge in [-0.05, 0) is 30.5 Å². The molecule has 5 nitrogen and oxygen atoms in total. The van der Waals surface area contributed by atoms with Crippen LogP contribution in [0, 0.1) is 0 Å². The van der Waals surface area contributed by atoms with Crippen LogP contribution < -0.4 is 10.1 Å². The van der Waals surface area contributed by atoms with E-state index in [1.807, 2.05) is 18.2 Å². The van der Waals surface area contributed by atoms with Crippen LogP contribution in [-0.4, -0.2) is 23.0 Å². The molecule has 0 atom stereocenters. The number of hydrogen-bond acceptors (Lipinski definition) is 4. The zero-order chi connectivity index (χ0) is 15.4. The number of amides is 1. The van der Waals surface area contributed by atoms with Crippen molar-refractivity contribution in [2.75, 3.05) is 7.11 Å². The van der Waals surface area contributed by atoms with Gasteiger partial charge in [-0.2, -0.15) is 0 Å². The smallest absolute Gasteiger partial charge is 0.255 e. The molecule has 1 aromatic carbocycles. The van der Waals surface area contributed by atoms with E-state index < -0.39 is 0 Å². The van der Waals surface area contributed by atoms with Crippen molar-refractivity contribution < 1.29 is 9.53 Å². The van der Waals surface area contributed by atoms with Crippen LogP contribution in [0.15, 0.2) is 43.0 Å². The van der Waals surface area contributed by atoms with E-state index in [1.54, 1.807) is 7.11 Å². The molecule has 114 valence electrons. The predicted molar refractivity (Wildman–Crippen MR) is 82.6 cm³/mol. The standard InChI is InChI=1S/C17H19N3O2/c1-22-15-6-4-5-14(9-15)17(7-2-3-8-17)20-16(21)13-10-18-12-19-11-13/h4-6,9-12H,2-3,7-8H2,1H3,(H,20,21). The molecule has 0 bridgehead atoms. The largest absolute Gasteiger partial charge is 0.497 e. The van der Waals surface area contributed by atoms with Crippen LogP contribution in [0.1, 0.15) is 41.6 Å². The van der Waals surface area contributed by atoms with E-state index >= 15 is 0 Å². The van der Waals surface area contributed by atoms with E-state index in [4.69, 9.17) is 4.74 Å². The first-order valence-electron chi connectivity index (χ1n) is 7.46. The normalized spacial score (nSPS) is 16.2. The van der Waals surface area contributed by atoms with Crippen molar-refractivity contribution >= 4 is 5.91 Å². The van der Waals surface area contributed by atoms with Gasteiger partial charge in [0.25, 0.3) is 5.91 Å². The lowest BCUT2D eigenvalue weighted by Gasteiger charge is -2.31. The van der Waals surface area contributed by atoms with Gasteiger partial charge in [0.05, 0.1) is 18.2 Å². The summed E-state index contributed by atoms with van der Waals surface area (Å²) in [7, 11) is 1.65. The van der Waals surface area contributed by atoms with Gasteiger partial charge in [-0.15, -0.1) is 0 Å². The van der Waals surface area contributed by atoms with Crippen molar-refractivity contribution in [1.29, 1.82) is 0 Å². The molecular formula is C17H19N3O2. The summed E-state index contributed by atoms with van der Waals surface area (Å²) in [5, 5.41) is 3.20. The van der Waals surface area contributed by atoms with Crippen molar-refractivity contribution in [3.63, 3.8) is 0 Å². The second-order valence-corrected chi connectivity index (χ2v) is 5.60. The predicted octanol–water partition coefficient (Wildman–Crippen LogP) is 2.68. The molecule has 2 aromatic rings. The van der Waals surface area contributed by atoms with Crippen molar-refractivity contribution in [2.24, 2.45) is 0 Å². The second kappa shape index (κ2) is 6.13. The number of ether oxygens (including phenoxy) is 1. The van der Waals surface area contributed by atoms with Gasteiger partial charge in [-0.25, -0.2) is 9.97 Å². The number of benzene rings is 1. The summed E-state index contributed by atoms with van der Waals surface area (Å²) >= 11 is 0. The molecule has 3 rings (SSSR count). The average molecular weight is 297 g/mol. The molecule has 1 heterocycles. The zero-order valence-electron chi connectivity index (χ0n) is 12.6. The fourth-order valence-electron chi connectivity index (χ4n) is 3.09. The van der Waals surface area contributed by atoms with Crippen LogP contribution in [0.25, 0.3) is 0 Å². The minimum absolute atomic E-state index is 0.134. The first-order chi connectivity index (χ1) is 10.7. The highest BCUT2D eigenvalue weighted by molar-refractivity contribution is 5.94. The minimum Gasteiger partial charge on any atom is -0.497 e. The maximum atomic E-state index is 12.5. The number of nitrogens with one attached hydrogen (secondary N) is 1. The Labute approximate surface area is 129 Å². The van der Waals surface area contributed by atoms with Gasteiger partial charge in [0.1, 0.15) is 12.1 Å². The maximum absolute atomic E-state index is 12.5. The highest BCUT2D eigenvalue weighted by Crippen LogP contribution is 2.40. The third-order valence-electron chi connectivity index (χ3n) is 4.26. The van der Waals surface area contributed by atoms with Crippen LogP contribution in [0.2, 0.25) is 0 Å². The fraction of sp³-hybridized carbons (Fsp3) is 0.353. The zero-order valence-corrected chi connectivity index (χ0v) is 12.6. The van der Waals surface area contributed by atoms with Crippen LogP contribution in [0.5, 0.6) is 5.75 Å². The molecular weight excluding hydrogens is 278 g/mol. The van der Waals surface area contributed by atoms with Gasteiger partial charge in [0, 0.05) is 12.4 Å². The first kappa shape index (κ1) is 14.5. The minimum atomic E-state index is -0.332. The molecule has 5 heteroatoms. The average Bonchev–Trinajstić information content (AvgIpc) is 3.05. The summed E-state index contributed by atoms with van der Waals surface area (Å²) in [5.74, 6) is 0.673. The quantitative estimate of drug-likeness (QED) is 0.942. The van der Waals surface area contributed by atoms with Gasteiger partial charge in [-0.1, -0.05) is 25.0 Å². The Morgan fingerprint density at radius 2 is 1.95 bits per heavy atom. The molecule has 0 unspecified atom stereocenters. The molecule has 1 aromatic heterocycles. The molecule has 0 aliphatic heterocycles. The number of hydrogen-bond donors (Lipinski definition) is 1. The highest BCUT2D eigenvalue weighted by Gasteiger charge is 2.37. The van der Waals surface area contributed by atoms with Gasteiger partial charge >= 0.3 is 0 Å². The Hall–Kier alpha value is -2.43. The van der Waals surface area contributed by atoms with E-state index in [-0.39, 0.29) is 11.4 Å². The lowest BCUT2D eigenvalue weighted by atomic mass is 9.87. The number of nitrogens with zero attached hydrogens (tertiary/aromatic N) is 2. The number of methoxy groups -OCH3 is 1. The number of carbonyl (C=O) groups excluding carboxylic acids is 1. The van der Waals surface area contributed by atoms with E-state index in [1.165, 1.54) is 18.7 Å². The molecule has 0 spiro atoms. The summed E-state index contributed by atoms with van der Waals surface area (Å²) < 4.78 is 5.32. The summed E-state index contributed by atoms with van der Waals surface area (Å²) in [6.07, 6.45) is 8.56. The monoisotopic (exact) mass is 297 g/mol. The lowest BCUT2D eigenvalue weighted by molar-refractivity contribution is 0.0897. The van der Waals surface area contributed by atoms with Crippen molar-refractivity contribution in [1.82, 2.24) is 15.3 Å². The topological polar surface area (TPSA) is 64.1 Å². The lowest BCUT2D eigenvalue weighted by Crippen LogP contribution is -2.43. The van der Waals surface area contributed by atoms with Gasteiger partial charge in [-0.3, -0.25) is 4.79 Å². The van der Waals surface area contributed by atoms with E-state index in [0.29, 0.717) is 5.56 Å². The molecule has 1 amide bonds. The Bertz CT molecular complexity index is 652. The Morgan fingerprint density at radius 3 is 2.64 bits per heavy atom. The highest BCUT2D eigenvalue weighted by atomic mass is 16.5. The summed E-state index contributed by atoms with van der Waals surface area (Å²) in [4.78, 5) is 20.3. The van der Waals surface area contributed by atoms with Crippen molar-refractivity contribution in [3.8, 4) is 5.75 Å². The van der Waals surface area contributed by atoms with Crippen molar-refractivity contribution in [2.45, 2.75) is 31.2 Å². The molecule has 1 fully saturated rings. The van der Waals surface area contributed by atoms with Crippen LogP contribution >= 0.6 is 0 Å². The van der Waals surface area contributed by atoms with Crippen LogP contribution in [-0.2, 0) is 5.54 Å². The van der Waals surface area contributed by atoms with E-state index in [0.717, 1.165) is 37.0 Å². The maximum Gasteiger partial charge on any atom is 0.255 e. The summed E-state index contributed by atoms with van der Waals surface area (Å²) in [6, 6.07) is 7.94. The molecule has 22 heavy (non-hydrogen) atoms. The number of aromatic nitrogens is 2. The van der Waals surface area contributed by atoms with E-state index in [2.05, 4.69) is 21.4 Å². The van der Waals surface area contributed by atoms with Crippen LogP contribution in [0.3, 0.4) is 0 Å². The second-order valence-electron chi connectivity index (χ2n) is 5.60. The first-order valence-corrected chi connectivity index (χ1v) is 7.46. The third kappa shape index (κ3) is 2.79.